The predicted molar refractivity (Wildman–Crippen MR) is 155 cm³/mol. The Morgan fingerprint density at radius 1 is 0.902 bits per heavy atom. The van der Waals surface area contributed by atoms with Gasteiger partial charge < -0.3 is 29.4 Å². The van der Waals surface area contributed by atoms with E-state index in [4.69, 9.17) is 14.2 Å². The van der Waals surface area contributed by atoms with Gasteiger partial charge in [0.25, 0.3) is 5.56 Å². The Hall–Kier alpha value is -4.60. The van der Waals surface area contributed by atoms with Crippen LogP contribution in [0.5, 0.6) is 5.75 Å². The van der Waals surface area contributed by atoms with Gasteiger partial charge in [-0.15, -0.1) is 0 Å². The molecule has 0 aliphatic rings. The number of benzene rings is 2. The Labute approximate surface area is 239 Å². The average Bonchev–Trinajstić information content (AvgIpc) is 2.92. The van der Waals surface area contributed by atoms with Crippen LogP contribution in [-0.2, 0) is 38.4 Å². The van der Waals surface area contributed by atoms with Crippen molar-refractivity contribution in [2.45, 2.75) is 58.7 Å². The van der Waals surface area contributed by atoms with E-state index in [0.717, 1.165) is 16.7 Å². The van der Waals surface area contributed by atoms with Crippen molar-refractivity contribution in [3.8, 4) is 5.75 Å². The molecular formula is C31H37N3O7. The van der Waals surface area contributed by atoms with E-state index in [9.17, 15) is 19.2 Å². The fourth-order valence-corrected chi connectivity index (χ4v) is 4.01. The number of pyridine rings is 1. The van der Waals surface area contributed by atoms with Crippen molar-refractivity contribution in [2.24, 2.45) is 0 Å². The number of carbonyl (C=O) groups excluding carboxylic acids is 3. The molecule has 0 aliphatic carbocycles. The average molecular weight is 564 g/mol. The summed E-state index contributed by atoms with van der Waals surface area (Å²) >= 11 is 0. The van der Waals surface area contributed by atoms with E-state index in [1.54, 1.807) is 71.3 Å². The van der Waals surface area contributed by atoms with Gasteiger partial charge in [-0.3, -0.25) is 14.4 Å². The number of aromatic nitrogens is 1. The third-order valence-electron chi connectivity index (χ3n) is 6.18. The number of anilines is 1. The van der Waals surface area contributed by atoms with Crippen LogP contribution in [0.1, 0.15) is 43.0 Å². The van der Waals surface area contributed by atoms with E-state index >= 15 is 0 Å². The molecule has 1 heterocycles. The molecule has 3 aromatic rings. The summed E-state index contributed by atoms with van der Waals surface area (Å²) in [6.07, 6.45) is 1.15. The van der Waals surface area contributed by atoms with Crippen molar-refractivity contribution in [3.05, 3.63) is 93.4 Å². The second-order valence-electron chi connectivity index (χ2n) is 10.6. The number of hydrogen-bond donors (Lipinski definition) is 2. The number of alkyl carbamates (subject to hydrolysis) is 1. The number of amides is 2. The zero-order valence-corrected chi connectivity index (χ0v) is 24.3. The number of aryl methyl sites for hydroxylation is 1. The van der Waals surface area contributed by atoms with Gasteiger partial charge in [-0.1, -0.05) is 36.4 Å². The summed E-state index contributed by atoms with van der Waals surface area (Å²) in [5, 5.41) is 5.37. The highest BCUT2D eigenvalue weighted by molar-refractivity contribution is 5.97. The minimum absolute atomic E-state index is 0.118. The molecule has 2 aromatic carbocycles. The Bertz CT molecular complexity index is 1420. The predicted octanol–water partition coefficient (Wildman–Crippen LogP) is 4.00. The second kappa shape index (κ2) is 13.6. The van der Waals surface area contributed by atoms with Gasteiger partial charge in [0.05, 0.1) is 27.2 Å². The largest absolute Gasteiger partial charge is 0.497 e. The van der Waals surface area contributed by atoms with E-state index in [1.807, 2.05) is 24.3 Å². The molecule has 3 rings (SSSR count). The van der Waals surface area contributed by atoms with Crippen LogP contribution in [0.3, 0.4) is 0 Å². The lowest BCUT2D eigenvalue weighted by molar-refractivity contribution is -0.139. The van der Waals surface area contributed by atoms with Crippen LogP contribution in [0.25, 0.3) is 0 Å². The van der Waals surface area contributed by atoms with Crippen molar-refractivity contribution in [3.63, 3.8) is 0 Å². The zero-order chi connectivity index (χ0) is 30.2. The minimum Gasteiger partial charge on any atom is -0.497 e. The summed E-state index contributed by atoms with van der Waals surface area (Å²) in [6, 6.07) is 15.1. The molecular weight excluding hydrogens is 526 g/mol. The summed E-state index contributed by atoms with van der Waals surface area (Å²) in [4.78, 5) is 51.1. The van der Waals surface area contributed by atoms with Gasteiger partial charge in [-0.2, -0.15) is 0 Å². The van der Waals surface area contributed by atoms with Crippen LogP contribution in [0.2, 0.25) is 0 Å². The Morgan fingerprint density at radius 3 is 2.10 bits per heavy atom. The van der Waals surface area contributed by atoms with E-state index in [-0.39, 0.29) is 30.1 Å². The first-order valence-corrected chi connectivity index (χ1v) is 13.2. The highest BCUT2D eigenvalue weighted by atomic mass is 16.6. The minimum atomic E-state index is -1.05. The number of carbonyl (C=O) groups is 3. The molecule has 10 nitrogen and oxygen atoms in total. The molecule has 0 bridgehead atoms. The van der Waals surface area contributed by atoms with Crippen molar-refractivity contribution in [1.29, 1.82) is 0 Å². The number of esters is 1. The molecule has 0 fully saturated rings. The van der Waals surface area contributed by atoms with Crippen molar-refractivity contribution >= 4 is 23.7 Å². The van der Waals surface area contributed by atoms with Gasteiger partial charge in [-0.25, -0.2) is 4.79 Å². The number of nitrogens with one attached hydrogen (secondary N) is 2. The van der Waals surface area contributed by atoms with E-state index in [2.05, 4.69) is 10.6 Å². The second-order valence-corrected chi connectivity index (χ2v) is 10.6. The number of nitrogens with zero attached hydrogens (tertiary/aromatic N) is 1. The first-order valence-electron chi connectivity index (χ1n) is 13.2. The highest BCUT2D eigenvalue weighted by Crippen LogP contribution is 2.15. The molecule has 0 spiro atoms. The molecule has 10 heteroatoms. The van der Waals surface area contributed by atoms with Crippen molar-refractivity contribution < 1.29 is 28.6 Å². The summed E-state index contributed by atoms with van der Waals surface area (Å²) in [6.45, 7) is 7.19. The molecule has 2 N–H and O–H groups in total. The molecule has 1 aromatic heterocycles. The Morgan fingerprint density at radius 2 is 1.51 bits per heavy atom. The first-order chi connectivity index (χ1) is 19.4. The fourth-order valence-electron chi connectivity index (χ4n) is 4.01. The topological polar surface area (TPSA) is 125 Å². The van der Waals surface area contributed by atoms with Crippen LogP contribution in [0, 0.1) is 6.92 Å². The molecule has 2 amide bonds. The van der Waals surface area contributed by atoms with E-state index < -0.39 is 23.6 Å². The maximum absolute atomic E-state index is 13.5. The maximum atomic E-state index is 13.5. The summed E-state index contributed by atoms with van der Waals surface area (Å²) in [5.41, 5.74) is 1.92. The third-order valence-corrected chi connectivity index (χ3v) is 6.18. The molecule has 41 heavy (non-hydrogen) atoms. The molecule has 1 atom stereocenters. The molecule has 0 saturated heterocycles. The van der Waals surface area contributed by atoms with Gasteiger partial charge in [0.2, 0.25) is 5.91 Å². The van der Waals surface area contributed by atoms with Gasteiger partial charge in [0.1, 0.15) is 23.1 Å². The maximum Gasteiger partial charge on any atom is 0.408 e. The monoisotopic (exact) mass is 563 g/mol. The molecule has 0 saturated carbocycles. The van der Waals surface area contributed by atoms with Crippen LogP contribution < -0.4 is 20.9 Å². The quantitative estimate of drug-likeness (QED) is 0.357. The van der Waals surface area contributed by atoms with E-state index in [1.165, 1.54) is 11.7 Å². The van der Waals surface area contributed by atoms with Crippen molar-refractivity contribution in [2.75, 3.05) is 19.5 Å². The van der Waals surface area contributed by atoms with E-state index in [0.29, 0.717) is 17.9 Å². The molecule has 0 radical (unpaired) electrons. The summed E-state index contributed by atoms with van der Waals surface area (Å²) in [7, 11) is 2.91. The van der Waals surface area contributed by atoms with Crippen LogP contribution in [0.4, 0.5) is 10.5 Å². The third kappa shape index (κ3) is 9.23. The summed E-state index contributed by atoms with van der Waals surface area (Å²) < 4.78 is 16.8. The smallest absolute Gasteiger partial charge is 0.408 e. The SMILES string of the molecule is COC(=O)Cc1ccc(C[C@H](NC(=O)OC(C)(C)C)C(=O)Nc2c(C)ccn(Cc3ccc(OC)cc3)c2=O)cc1. The highest BCUT2D eigenvalue weighted by Gasteiger charge is 2.26. The van der Waals surface area contributed by atoms with Crippen molar-refractivity contribution in [1.82, 2.24) is 9.88 Å². The van der Waals surface area contributed by atoms with Gasteiger partial charge in [0.15, 0.2) is 0 Å². The Kier molecular flexibility index (Phi) is 10.3. The standard InChI is InChI=1S/C31H37N3O7/c1-20-15-16-34(19-23-11-13-24(39-5)14-12-23)29(37)27(20)33-28(36)25(32-30(38)41-31(2,3)4)17-21-7-9-22(10-8-21)18-26(35)40-6/h7-16,25H,17-19H2,1-6H3,(H,32,38)(H,33,36)/t25-/m0/s1. The Balaban J connectivity index is 1.83. The molecule has 218 valence electrons. The fraction of sp³-hybridized carbons (Fsp3) is 0.355. The van der Waals surface area contributed by atoms with Crippen LogP contribution >= 0.6 is 0 Å². The van der Waals surface area contributed by atoms with Gasteiger partial charge in [0, 0.05) is 12.6 Å². The molecule has 0 unspecified atom stereocenters. The lowest BCUT2D eigenvalue weighted by atomic mass is 10.0. The summed E-state index contributed by atoms with van der Waals surface area (Å²) in [5.74, 6) is -0.228. The van der Waals surface area contributed by atoms with Gasteiger partial charge >= 0.3 is 12.1 Å². The number of rotatable bonds is 10. The zero-order valence-electron chi connectivity index (χ0n) is 24.3. The number of hydrogen-bond acceptors (Lipinski definition) is 7. The molecule has 0 aliphatic heterocycles. The normalized spacial score (nSPS) is 11.8. The number of ether oxygens (including phenoxy) is 3. The number of methoxy groups -OCH3 is 2. The first kappa shape index (κ1) is 30.9. The lowest BCUT2D eigenvalue weighted by Gasteiger charge is -2.24. The van der Waals surface area contributed by atoms with Crippen LogP contribution in [-0.4, -0.2) is 48.4 Å². The van der Waals surface area contributed by atoms with Crippen LogP contribution in [0.15, 0.2) is 65.6 Å². The van der Waals surface area contributed by atoms with Gasteiger partial charge in [-0.05, 0) is 68.1 Å². The lowest BCUT2D eigenvalue weighted by Crippen LogP contribution is -2.47.